The van der Waals surface area contributed by atoms with Crippen molar-refractivity contribution in [2.75, 3.05) is 50.1 Å². The van der Waals surface area contributed by atoms with Crippen molar-refractivity contribution in [2.45, 2.75) is 37.8 Å². The van der Waals surface area contributed by atoms with E-state index in [1.54, 1.807) is 46.3 Å². The molecule has 53 heavy (non-hydrogen) atoms. The number of ether oxygens (including phenoxy) is 1. The maximum Gasteiger partial charge on any atom is 0.329 e. The largest absolute Gasteiger partial charge is 0.494 e. The fraction of sp³-hybridized carbons (Fsp3) is 0.378. The third kappa shape index (κ3) is 5.69. The van der Waals surface area contributed by atoms with Gasteiger partial charge in [0, 0.05) is 82.2 Å². The van der Waals surface area contributed by atoms with Crippen LogP contribution in [0.15, 0.2) is 66.0 Å². The number of hydrogen-bond acceptors (Lipinski definition) is 10. The standard InChI is InChI=1S/C37H39N11O5/c1-43-33-28(5-3-6-29(33)48(37(43)52)30-7-8-32(49)41-36(30)51)45-19-22(20-45)18-44-13-9-24(10-14-44)47-21-23-15-27(31(53-2)16-26(23)42-47)40-35(50)25-17-39-46-12-4-11-38-34(25)46/h3-6,11-12,15-17,21-22,24,30H,7-10,13-14,18-20H2,1-2H3,(H,40,50)(H,41,49,51). The van der Waals surface area contributed by atoms with Crippen LogP contribution in [0.3, 0.4) is 0 Å². The van der Waals surface area contributed by atoms with Crippen LogP contribution >= 0.6 is 0 Å². The van der Waals surface area contributed by atoms with Crippen molar-refractivity contribution in [1.82, 2.24) is 43.7 Å². The molecule has 6 aromatic rings. The fourth-order valence-electron chi connectivity index (χ4n) is 8.22. The molecule has 1 atom stereocenters. The number of nitrogens with one attached hydrogen (secondary N) is 2. The summed E-state index contributed by atoms with van der Waals surface area (Å²) in [6.07, 6.45) is 9.40. The van der Waals surface area contributed by atoms with Gasteiger partial charge in [-0.1, -0.05) is 6.07 Å². The fourth-order valence-corrected chi connectivity index (χ4v) is 8.22. The summed E-state index contributed by atoms with van der Waals surface area (Å²) in [6, 6.07) is 10.9. The molecule has 3 saturated heterocycles. The SMILES string of the molecule is COc1cc2nn(C3CCN(CC4CN(c5cccc6c5n(C)c(=O)n6C5CCC(=O)NC5=O)C4)CC3)cc2cc1NC(=O)c1cnn2cccnc12. The summed E-state index contributed by atoms with van der Waals surface area (Å²) in [5.74, 6) is -0.0263. The highest BCUT2D eigenvalue weighted by atomic mass is 16.5. The molecule has 0 bridgehead atoms. The Morgan fingerprint density at radius 1 is 1.08 bits per heavy atom. The normalized spacial score (nSPS) is 18.9. The molecule has 0 aliphatic carbocycles. The number of nitrogens with zero attached hydrogens (tertiary/aromatic N) is 9. The molecule has 3 aliphatic heterocycles. The van der Waals surface area contributed by atoms with E-state index in [-0.39, 0.29) is 30.0 Å². The minimum absolute atomic E-state index is 0.213. The van der Waals surface area contributed by atoms with Gasteiger partial charge in [0.1, 0.15) is 17.4 Å². The molecule has 0 spiro atoms. The highest BCUT2D eigenvalue weighted by Crippen LogP contribution is 2.35. The lowest BCUT2D eigenvalue weighted by molar-refractivity contribution is -0.135. The van der Waals surface area contributed by atoms with E-state index < -0.39 is 11.9 Å². The molecular formula is C37H39N11O5. The minimum atomic E-state index is -0.702. The number of rotatable bonds is 8. The Labute approximate surface area is 302 Å². The Balaban J connectivity index is 0.830. The number of imidazole rings is 1. The summed E-state index contributed by atoms with van der Waals surface area (Å²) in [5, 5.41) is 15.4. The zero-order valence-corrected chi connectivity index (χ0v) is 29.4. The lowest BCUT2D eigenvalue weighted by atomic mass is 9.96. The van der Waals surface area contributed by atoms with Crippen LogP contribution in [0.1, 0.15) is 48.1 Å². The van der Waals surface area contributed by atoms with Crippen molar-refractivity contribution >= 4 is 56.7 Å². The van der Waals surface area contributed by atoms with Gasteiger partial charge in [0.15, 0.2) is 5.65 Å². The van der Waals surface area contributed by atoms with E-state index in [2.05, 4.69) is 35.2 Å². The second kappa shape index (κ2) is 12.9. The van der Waals surface area contributed by atoms with Crippen LogP contribution in [-0.2, 0) is 16.6 Å². The molecule has 3 aliphatic rings. The van der Waals surface area contributed by atoms with Crippen molar-refractivity contribution in [3.63, 3.8) is 0 Å². The maximum atomic E-state index is 13.4. The number of likely N-dealkylation sites (tertiary alicyclic amines) is 1. The summed E-state index contributed by atoms with van der Waals surface area (Å²) in [7, 11) is 3.32. The van der Waals surface area contributed by atoms with Gasteiger partial charge in [-0.2, -0.15) is 10.2 Å². The molecule has 16 nitrogen and oxygen atoms in total. The molecule has 16 heteroatoms. The van der Waals surface area contributed by atoms with Gasteiger partial charge in [0.05, 0.1) is 47.3 Å². The molecule has 4 aromatic heterocycles. The van der Waals surface area contributed by atoms with Crippen molar-refractivity contribution in [1.29, 1.82) is 0 Å². The summed E-state index contributed by atoms with van der Waals surface area (Å²) < 4.78 is 12.4. The molecule has 1 unspecified atom stereocenters. The summed E-state index contributed by atoms with van der Waals surface area (Å²) in [6.45, 7) is 4.70. The van der Waals surface area contributed by atoms with E-state index in [9.17, 15) is 19.2 Å². The molecule has 2 N–H and O–H groups in total. The monoisotopic (exact) mass is 717 g/mol. The minimum Gasteiger partial charge on any atom is -0.494 e. The number of piperidine rings is 2. The predicted molar refractivity (Wildman–Crippen MR) is 196 cm³/mol. The first-order valence-electron chi connectivity index (χ1n) is 17.9. The van der Waals surface area contributed by atoms with Gasteiger partial charge < -0.3 is 19.9 Å². The van der Waals surface area contributed by atoms with Gasteiger partial charge in [0.25, 0.3) is 5.91 Å². The first kappa shape index (κ1) is 32.8. The van der Waals surface area contributed by atoms with Gasteiger partial charge in [-0.15, -0.1) is 0 Å². The van der Waals surface area contributed by atoms with Crippen LogP contribution < -0.4 is 26.0 Å². The predicted octanol–water partition coefficient (Wildman–Crippen LogP) is 2.74. The molecule has 0 radical (unpaired) electrons. The molecule has 9 rings (SSSR count). The van der Waals surface area contributed by atoms with Crippen LogP contribution in [0.5, 0.6) is 5.75 Å². The van der Waals surface area contributed by atoms with Crippen molar-refractivity contribution in [2.24, 2.45) is 13.0 Å². The lowest BCUT2D eigenvalue weighted by Gasteiger charge is -2.44. The van der Waals surface area contributed by atoms with Crippen molar-refractivity contribution in [3.8, 4) is 5.75 Å². The Kier molecular flexibility index (Phi) is 7.98. The van der Waals surface area contributed by atoms with Crippen LogP contribution in [0.25, 0.3) is 27.6 Å². The molecule has 2 aromatic carbocycles. The molecular weight excluding hydrogens is 678 g/mol. The first-order chi connectivity index (χ1) is 25.7. The van der Waals surface area contributed by atoms with E-state index >= 15 is 0 Å². The first-order valence-corrected chi connectivity index (χ1v) is 17.9. The molecule has 272 valence electrons. The topological polar surface area (TPSA) is 166 Å². The number of para-hydroxylation sites is 1. The number of anilines is 2. The number of aromatic nitrogens is 7. The van der Waals surface area contributed by atoms with Crippen LogP contribution in [0, 0.1) is 5.92 Å². The number of methoxy groups -OCH3 is 1. The van der Waals surface area contributed by atoms with E-state index in [1.165, 1.54) is 6.20 Å². The Morgan fingerprint density at radius 2 is 1.91 bits per heavy atom. The smallest absolute Gasteiger partial charge is 0.329 e. The van der Waals surface area contributed by atoms with Gasteiger partial charge in [-0.05, 0) is 43.5 Å². The number of fused-ring (bicyclic) bond motifs is 3. The summed E-state index contributed by atoms with van der Waals surface area (Å²) >= 11 is 0. The molecule has 7 heterocycles. The number of aryl methyl sites for hydroxylation is 1. The van der Waals surface area contributed by atoms with Crippen molar-refractivity contribution in [3.05, 3.63) is 77.2 Å². The third-order valence-electron chi connectivity index (χ3n) is 11.0. The second-order valence-corrected chi connectivity index (χ2v) is 14.2. The molecule has 3 fully saturated rings. The van der Waals surface area contributed by atoms with Crippen LogP contribution in [0.2, 0.25) is 0 Å². The zero-order chi connectivity index (χ0) is 36.4. The Morgan fingerprint density at radius 3 is 2.70 bits per heavy atom. The second-order valence-electron chi connectivity index (χ2n) is 14.2. The maximum absolute atomic E-state index is 13.4. The van der Waals surface area contributed by atoms with E-state index in [1.807, 2.05) is 36.5 Å². The number of imide groups is 1. The van der Waals surface area contributed by atoms with Gasteiger partial charge in [0.2, 0.25) is 11.8 Å². The summed E-state index contributed by atoms with van der Waals surface area (Å²) in [5.41, 5.74) is 4.45. The zero-order valence-electron chi connectivity index (χ0n) is 29.4. The number of hydrogen-bond donors (Lipinski definition) is 2. The van der Waals surface area contributed by atoms with E-state index in [0.717, 1.165) is 67.7 Å². The van der Waals surface area contributed by atoms with Crippen LogP contribution in [0.4, 0.5) is 11.4 Å². The van der Waals surface area contributed by atoms with Gasteiger partial charge in [-0.3, -0.25) is 33.5 Å². The average molecular weight is 718 g/mol. The van der Waals surface area contributed by atoms with Gasteiger partial charge >= 0.3 is 5.69 Å². The highest BCUT2D eigenvalue weighted by Gasteiger charge is 2.35. The third-order valence-corrected chi connectivity index (χ3v) is 11.0. The van der Waals surface area contributed by atoms with E-state index in [4.69, 9.17) is 9.84 Å². The Bertz CT molecular complexity index is 2480. The number of amides is 3. The number of benzene rings is 2. The molecule has 0 saturated carbocycles. The molecule has 3 amide bonds. The highest BCUT2D eigenvalue weighted by molar-refractivity contribution is 6.09. The average Bonchev–Trinajstić information content (AvgIpc) is 3.84. The quantitative estimate of drug-likeness (QED) is 0.224. The van der Waals surface area contributed by atoms with E-state index in [0.29, 0.717) is 40.5 Å². The van der Waals surface area contributed by atoms with Crippen molar-refractivity contribution < 1.29 is 19.1 Å². The number of carbonyl (C=O) groups excluding carboxylic acids is 3. The van der Waals surface area contributed by atoms with Gasteiger partial charge in [-0.25, -0.2) is 14.3 Å². The number of carbonyl (C=O) groups is 3. The van der Waals surface area contributed by atoms with Crippen LogP contribution in [-0.4, -0.2) is 96.0 Å². The lowest BCUT2D eigenvalue weighted by Crippen LogP contribution is -2.52. The Hall–Kier alpha value is -6.03. The summed E-state index contributed by atoms with van der Waals surface area (Å²) in [4.78, 5) is 60.1.